The standard InChI is InChI=1S/C19H24ClN3O5S2/c1-19(2,3)28-18(25)21-8-16(24)22-17-23(9-12-6-4-5-7-13(12)20)14-10-30(26,27)11-15(14)29-17/h4-7,14-15H,8-11H2,1-3H3,(H,21,25)/t14-,15-/m1/s1. The Morgan fingerprint density at radius 3 is 2.67 bits per heavy atom. The monoisotopic (exact) mass is 473 g/mol. The van der Waals surface area contributed by atoms with Gasteiger partial charge >= 0.3 is 6.09 Å². The number of alkyl carbamates (subject to hydrolysis) is 1. The van der Waals surface area contributed by atoms with Crippen LogP contribution in [0.25, 0.3) is 0 Å². The average molecular weight is 474 g/mol. The van der Waals surface area contributed by atoms with E-state index in [1.54, 1.807) is 26.8 Å². The van der Waals surface area contributed by atoms with Crippen molar-refractivity contribution in [2.75, 3.05) is 18.1 Å². The van der Waals surface area contributed by atoms with E-state index < -0.39 is 27.4 Å². The molecule has 0 radical (unpaired) electrons. The van der Waals surface area contributed by atoms with Crippen LogP contribution in [0.2, 0.25) is 5.02 Å². The minimum absolute atomic E-state index is 0.0124. The molecule has 0 unspecified atom stereocenters. The third-order valence-corrected chi connectivity index (χ3v) is 8.09. The van der Waals surface area contributed by atoms with E-state index in [0.29, 0.717) is 16.7 Å². The van der Waals surface area contributed by atoms with E-state index in [9.17, 15) is 18.0 Å². The molecule has 0 saturated carbocycles. The number of ether oxygens (including phenoxy) is 1. The SMILES string of the molecule is CC(C)(C)OC(=O)NCC(=O)N=C1S[C@@H]2CS(=O)(=O)C[C@H]2N1Cc1ccccc1Cl. The molecule has 164 valence electrons. The van der Waals surface area contributed by atoms with Crippen LogP contribution in [0.15, 0.2) is 29.3 Å². The molecule has 1 N–H and O–H groups in total. The van der Waals surface area contributed by atoms with E-state index in [2.05, 4.69) is 10.3 Å². The number of nitrogens with zero attached hydrogens (tertiary/aromatic N) is 2. The van der Waals surface area contributed by atoms with Crippen LogP contribution >= 0.6 is 23.4 Å². The first-order valence-electron chi connectivity index (χ1n) is 9.39. The molecule has 0 bridgehead atoms. The molecule has 2 aliphatic rings. The molecule has 2 fully saturated rings. The van der Waals surface area contributed by atoms with Gasteiger partial charge in [-0.15, -0.1) is 0 Å². The molecular weight excluding hydrogens is 450 g/mol. The molecule has 3 rings (SSSR count). The van der Waals surface area contributed by atoms with E-state index in [1.807, 2.05) is 23.1 Å². The first-order chi connectivity index (χ1) is 13.9. The molecular formula is C19H24ClN3O5S2. The highest BCUT2D eigenvalue weighted by molar-refractivity contribution is 8.15. The number of carbonyl (C=O) groups is 2. The Morgan fingerprint density at radius 1 is 1.30 bits per heavy atom. The van der Waals surface area contributed by atoms with Crippen molar-refractivity contribution in [1.82, 2.24) is 10.2 Å². The van der Waals surface area contributed by atoms with Gasteiger partial charge in [0.1, 0.15) is 12.1 Å². The van der Waals surface area contributed by atoms with Crippen LogP contribution in [-0.2, 0) is 25.9 Å². The quantitative estimate of drug-likeness (QED) is 0.716. The average Bonchev–Trinajstić information content (AvgIpc) is 3.06. The molecule has 1 aromatic carbocycles. The fraction of sp³-hybridized carbons (Fsp3) is 0.526. The zero-order valence-corrected chi connectivity index (χ0v) is 19.3. The van der Waals surface area contributed by atoms with Crippen molar-refractivity contribution >= 4 is 50.4 Å². The number of hydrogen-bond acceptors (Lipinski definition) is 6. The lowest BCUT2D eigenvalue weighted by atomic mass is 10.1. The van der Waals surface area contributed by atoms with Gasteiger partial charge in [-0.1, -0.05) is 41.6 Å². The van der Waals surface area contributed by atoms with Gasteiger partial charge in [-0.3, -0.25) is 4.79 Å². The van der Waals surface area contributed by atoms with Crippen molar-refractivity contribution in [1.29, 1.82) is 0 Å². The molecule has 0 aromatic heterocycles. The second kappa shape index (κ2) is 8.76. The molecule has 0 spiro atoms. The van der Waals surface area contributed by atoms with Gasteiger partial charge in [0.05, 0.1) is 17.5 Å². The van der Waals surface area contributed by atoms with Crippen LogP contribution < -0.4 is 5.32 Å². The van der Waals surface area contributed by atoms with Gasteiger partial charge in [-0.05, 0) is 32.4 Å². The van der Waals surface area contributed by atoms with E-state index in [0.717, 1.165) is 5.56 Å². The highest BCUT2D eigenvalue weighted by atomic mass is 35.5. The van der Waals surface area contributed by atoms with E-state index in [-0.39, 0.29) is 29.3 Å². The largest absolute Gasteiger partial charge is 0.444 e. The maximum atomic E-state index is 12.3. The smallest absolute Gasteiger partial charge is 0.408 e. The molecule has 0 aliphatic carbocycles. The lowest BCUT2D eigenvalue weighted by molar-refractivity contribution is -0.117. The normalized spacial score (nSPS) is 24.0. The van der Waals surface area contributed by atoms with Crippen molar-refractivity contribution in [2.45, 2.75) is 44.2 Å². The Morgan fingerprint density at radius 2 is 2.00 bits per heavy atom. The van der Waals surface area contributed by atoms with E-state index in [4.69, 9.17) is 16.3 Å². The van der Waals surface area contributed by atoms with Crippen LogP contribution in [0.3, 0.4) is 0 Å². The minimum Gasteiger partial charge on any atom is -0.444 e. The van der Waals surface area contributed by atoms with Gasteiger partial charge in [0.15, 0.2) is 15.0 Å². The van der Waals surface area contributed by atoms with Crippen LogP contribution in [0.1, 0.15) is 26.3 Å². The summed E-state index contributed by atoms with van der Waals surface area (Å²) in [5.41, 5.74) is 0.145. The first-order valence-corrected chi connectivity index (χ1v) is 12.5. The number of hydrogen-bond donors (Lipinski definition) is 1. The van der Waals surface area contributed by atoms with Crippen LogP contribution in [-0.4, -0.2) is 65.4 Å². The molecule has 2 aliphatic heterocycles. The molecule has 30 heavy (non-hydrogen) atoms. The van der Waals surface area contributed by atoms with Gasteiger partial charge < -0.3 is 15.0 Å². The Labute approximate surface area is 185 Å². The second-order valence-electron chi connectivity index (χ2n) is 8.16. The van der Waals surface area contributed by atoms with E-state index in [1.165, 1.54) is 11.8 Å². The van der Waals surface area contributed by atoms with Gasteiger partial charge in [-0.25, -0.2) is 13.2 Å². The lowest BCUT2D eigenvalue weighted by Gasteiger charge is -2.25. The van der Waals surface area contributed by atoms with Crippen molar-refractivity contribution in [3.63, 3.8) is 0 Å². The predicted molar refractivity (Wildman–Crippen MR) is 117 cm³/mol. The van der Waals surface area contributed by atoms with Gasteiger partial charge in [0, 0.05) is 16.8 Å². The fourth-order valence-corrected chi connectivity index (χ4v) is 7.40. The highest BCUT2D eigenvalue weighted by Gasteiger charge is 2.48. The number of carbonyl (C=O) groups excluding carboxylic acids is 2. The number of amides is 2. The summed E-state index contributed by atoms with van der Waals surface area (Å²) in [6, 6.07) is 7.00. The summed E-state index contributed by atoms with van der Waals surface area (Å²) in [5.74, 6) is -0.487. The number of rotatable bonds is 4. The molecule has 1 aromatic rings. The summed E-state index contributed by atoms with van der Waals surface area (Å²) in [5, 5.41) is 3.20. The second-order valence-corrected chi connectivity index (χ2v) is 11.9. The summed E-state index contributed by atoms with van der Waals surface area (Å²) < 4.78 is 29.3. The number of benzene rings is 1. The van der Waals surface area contributed by atoms with Crippen LogP contribution in [0.4, 0.5) is 4.79 Å². The summed E-state index contributed by atoms with van der Waals surface area (Å²) >= 11 is 7.55. The number of sulfone groups is 1. The maximum Gasteiger partial charge on any atom is 0.408 e. The molecule has 11 heteroatoms. The highest BCUT2D eigenvalue weighted by Crippen LogP contribution is 2.39. The van der Waals surface area contributed by atoms with Crippen molar-refractivity contribution < 1.29 is 22.7 Å². The third kappa shape index (κ3) is 5.89. The third-order valence-electron chi connectivity index (χ3n) is 4.48. The Kier molecular flexibility index (Phi) is 6.69. The molecule has 2 heterocycles. The summed E-state index contributed by atoms with van der Waals surface area (Å²) in [4.78, 5) is 30.0. The number of aliphatic imine (C=N–C) groups is 1. The topological polar surface area (TPSA) is 105 Å². The Hall–Kier alpha value is -1.78. The van der Waals surface area contributed by atoms with Crippen LogP contribution in [0.5, 0.6) is 0 Å². The van der Waals surface area contributed by atoms with Crippen molar-refractivity contribution in [2.24, 2.45) is 4.99 Å². The summed E-state index contributed by atoms with van der Waals surface area (Å²) in [6.45, 7) is 5.21. The fourth-order valence-electron chi connectivity index (χ4n) is 3.24. The Bertz CT molecular complexity index is 975. The molecule has 8 nitrogen and oxygen atoms in total. The molecule has 2 amide bonds. The zero-order valence-electron chi connectivity index (χ0n) is 16.9. The van der Waals surface area contributed by atoms with Gasteiger partial charge in [0.2, 0.25) is 0 Å². The number of thioether (sulfide) groups is 1. The van der Waals surface area contributed by atoms with E-state index >= 15 is 0 Å². The summed E-state index contributed by atoms with van der Waals surface area (Å²) in [7, 11) is -3.14. The Balaban J connectivity index is 1.74. The number of amidine groups is 1. The molecule has 2 saturated heterocycles. The maximum absolute atomic E-state index is 12.3. The number of nitrogens with one attached hydrogen (secondary N) is 1. The predicted octanol–water partition coefficient (Wildman–Crippen LogP) is 2.46. The lowest BCUT2D eigenvalue weighted by Crippen LogP contribution is -2.38. The minimum atomic E-state index is -3.14. The summed E-state index contributed by atoms with van der Waals surface area (Å²) in [6.07, 6.45) is -0.703. The van der Waals surface area contributed by atoms with Gasteiger partial charge in [-0.2, -0.15) is 4.99 Å². The number of halogens is 1. The van der Waals surface area contributed by atoms with Crippen LogP contribution in [0, 0.1) is 0 Å². The van der Waals surface area contributed by atoms with Crippen molar-refractivity contribution in [3.05, 3.63) is 34.9 Å². The van der Waals surface area contributed by atoms with Crippen molar-refractivity contribution in [3.8, 4) is 0 Å². The zero-order chi connectivity index (χ0) is 22.1. The first kappa shape index (κ1) is 22.9. The molecule has 2 atom stereocenters. The van der Waals surface area contributed by atoms with Gasteiger partial charge in [0.25, 0.3) is 5.91 Å². The number of fused-ring (bicyclic) bond motifs is 1.